The number of primary amides is 1. The van der Waals surface area contributed by atoms with Crippen molar-refractivity contribution in [3.63, 3.8) is 0 Å². The molecule has 0 aliphatic carbocycles. The maximum atomic E-state index is 12.8. The fourth-order valence-corrected chi connectivity index (χ4v) is 2.51. The van der Waals surface area contributed by atoms with Crippen LogP contribution < -0.4 is 10.5 Å². The first-order chi connectivity index (χ1) is 9.97. The molecule has 0 saturated carbocycles. The second-order valence-corrected chi connectivity index (χ2v) is 5.56. The Hall–Kier alpha value is -1.66. The van der Waals surface area contributed by atoms with Gasteiger partial charge >= 0.3 is 0 Å². The van der Waals surface area contributed by atoms with Gasteiger partial charge in [0.1, 0.15) is 18.2 Å². The van der Waals surface area contributed by atoms with Crippen LogP contribution in [0.25, 0.3) is 0 Å². The summed E-state index contributed by atoms with van der Waals surface area (Å²) >= 11 is 0. The number of carbonyl (C=O) groups excluding carboxylic acids is 1. The molecular formula is C15H21FN2O3. The van der Waals surface area contributed by atoms with Crippen LogP contribution in [0.1, 0.15) is 19.3 Å². The Balaban J connectivity index is 1.87. The molecule has 0 unspecified atom stereocenters. The molecule has 1 saturated heterocycles. The average molecular weight is 296 g/mol. The molecule has 1 atom stereocenters. The summed E-state index contributed by atoms with van der Waals surface area (Å²) < 4.78 is 18.4. The number of aliphatic hydroxyl groups is 1. The number of rotatable bonds is 5. The predicted octanol–water partition coefficient (Wildman–Crippen LogP) is 0.907. The molecule has 0 aromatic heterocycles. The SMILES string of the molecule is NC(=O)CN1CCC[C@](O)(COc2ccc(F)cc2)CC1. The number of ether oxygens (including phenoxy) is 1. The van der Waals surface area contributed by atoms with Gasteiger partial charge in [-0.25, -0.2) is 4.39 Å². The van der Waals surface area contributed by atoms with Crippen LogP contribution in [0.3, 0.4) is 0 Å². The van der Waals surface area contributed by atoms with Crippen molar-refractivity contribution in [2.24, 2.45) is 5.73 Å². The number of likely N-dealkylation sites (tertiary alicyclic amines) is 1. The molecule has 2 rings (SSSR count). The highest BCUT2D eigenvalue weighted by Gasteiger charge is 2.31. The Morgan fingerprint density at radius 3 is 2.71 bits per heavy atom. The molecule has 0 radical (unpaired) electrons. The Morgan fingerprint density at radius 2 is 2.05 bits per heavy atom. The third kappa shape index (κ3) is 4.99. The second-order valence-electron chi connectivity index (χ2n) is 5.56. The molecule has 1 aliphatic rings. The lowest BCUT2D eigenvalue weighted by Gasteiger charge is -2.26. The van der Waals surface area contributed by atoms with Crippen LogP contribution >= 0.6 is 0 Å². The highest BCUT2D eigenvalue weighted by molar-refractivity contribution is 5.75. The minimum atomic E-state index is -0.930. The maximum absolute atomic E-state index is 12.8. The molecule has 21 heavy (non-hydrogen) atoms. The molecule has 1 aromatic rings. The highest BCUT2D eigenvalue weighted by atomic mass is 19.1. The Morgan fingerprint density at radius 1 is 1.33 bits per heavy atom. The third-order valence-corrected chi connectivity index (χ3v) is 3.71. The fraction of sp³-hybridized carbons (Fsp3) is 0.533. The molecule has 1 fully saturated rings. The summed E-state index contributed by atoms with van der Waals surface area (Å²) in [7, 11) is 0. The summed E-state index contributed by atoms with van der Waals surface area (Å²) in [5.41, 5.74) is 4.26. The minimum absolute atomic E-state index is 0.156. The molecule has 0 spiro atoms. The van der Waals surface area contributed by atoms with E-state index in [1.807, 2.05) is 4.90 Å². The van der Waals surface area contributed by atoms with Crippen LogP contribution in [0.4, 0.5) is 4.39 Å². The van der Waals surface area contributed by atoms with Crippen LogP contribution in [0.2, 0.25) is 0 Å². The van der Waals surface area contributed by atoms with Gasteiger partial charge in [0.15, 0.2) is 0 Å². The zero-order valence-electron chi connectivity index (χ0n) is 11.9. The number of hydrogen-bond acceptors (Lipinski definition) is 4. The summed E-state index contributed by atoms with van der Waals surface area (Å²) in [6.45, 7) is 1.71. The van der Waals surface area contributed by atoms with E-state index in [1.165, 1.54) is 24.3 Å². The van der Waals surface area contributed by atoms with Gasteiger partial charge in [0, 0.05) is 6.54 Å². The molecule has 3 N–H and O–H groups in total. The van der Waals surface area contributed by atoms with Crippen molar-refractivity contribution in [1.29, 1.82) is 0 Å². The minimum Gasteiger partial charge on any atom is -0.491 e. The molecule has 116 valence electrons. The van der Waals surface area contributed by atoms with E-state index in [-0.39, 0.29) is 24.9 Å². The summed E-state index contributed by atoms with van der Waals surface area (Å²) in [5, 5.41) is 10.6. The zero-order chi connectivity index (χ0) is 15.3. The Kier molecular flexibility index (Phi) is 5.14. The summed E-state index contributed by atoms with van der Waals surface area (Å²) in [6, 6.07) is 5.71. The van der Waals surface area contributed by atoms with Crippen LogP contribution in [-0.2, 0) is 4.79 Å². The van der Waals surface area contributed by atoms with E-state index < -0.39 is 5.60 Å². The lowest BCUT2D eigenvalue weighted by Crippen LogP contribution is -2.38. The van der Waals surface area contributed by atoms with E-state index in [9.17, 15) is 14.3 Å². The summed E-state index contributed by atoms with van der Waals surface area (Å²) in [4.78, 5) is 12.9. The lowest BCUT2D eigenvalue weighted by atomic mass is 9.96. The first-order valence-electron chi connectivity index (χ1n) is 7.08. The topological polar surface area (TPSA) is 75.8 Å². The van der Waals surface area contributed by atoms with Crippen molar-refractivity contribution in [2.75, 3.05) is 26.2 Å². The number of nitrogens with two attached hydrogens (primary N) is 1. The smallest absolute Gasteiger partial charge is 0.231 e. The van der Waals surface area contributed by atoms with Gasteiger partial charge < -0.3 is 15.6 Å². The van der Waals surface area contributed by atoms with E-state index in [0.717, 1.165) is 13.0 Å². The van der Waals surface area contributed by atoms with Crippen molar-refractivity contribution < 1.29 is 19.0 Å². The number of hydrogen-bond donors (Lipinski definition) is 2. The summed E-state index contributed by atoms with van der Waals surface area (Å²) in [5.74, 6) is -0.149. The van der Waals surface area contributed by atoms with Gasteiger partial charge in [0.2, 0.25) is 5.91 Å². The monoisotopic (exact) mass is 296 g/mol. The van der Waals surface area contributed by atoms with E-state index >= 15 is 0 Å². The number of amides is 1. The van der Waals surface area contributed by atoms with Crippen LogP contribution in [0.5, 0.6) is 5.75 Å². The number of halogens is 1. The van der Waals surface area contributed by atoms with Crippen LogP contribution in [-0.4, -0.2) is 47.8 Å². The molecule has 1 aliphatic heterocycles. The Bertz CT molecular complexity index is 480. The van der Waals surface area contributed by atoms with Crippen molar-refractivity contribution in [1.82, 2.24) is 4.90 Å². The van der Waals surface area contributed by atoms with Crippen molar-refractivity contribution >= 4 is 5.91 Å². The molecule has 6 heteroatoms. The second kappa shape index (κ2) is 6.87. The van der Waals surface area contributed by atoms with Gasteiger partial charge in [0.05, 0.1) is 12.1 Å². The predicted molar refractivity (Wildman–Crippen MR) is 76.3 cm³/mol. The molecule has 1 heterocycles. The van der Waals surface area contributed by atoms with Crippen molar-refractivity contribution in [2.45, 2.75) is 24.9 Å². The fourth-order valence-electron chi connectivity index (χ4n) is 2.51. The Labute approximate surface area is 123 Å². The normalized spacial score (nSPS) is 23.5. The van der Waals surface area contributed by atoms with Crippen molar-refractivity contribution in [3.8, 4) is 5.75 Å². The van der Waals surface area contributed by atoms with Crippen LogP contribution in [0.15, 0.2) is 24.3 Å². The molecule has 1 aromatic carbocycles. The zero-order valence-corrected chi connectivity index (χ0v) is 11.9. The quantitative estimate of drug-likeness (QED) is 0.847. The van der Waals surface area contributed by atoms with Crippen molar-refractivity contribution in [3.05, 3.63) is 30.1 Å². The highest BCUT2D eigenvalue weighted by Crippen LogP contribution is 2.24. The van der Waals surface area contributed by atoms with Gasteiger partial charge in [-0.2, -0.15) is 0 Å². The van der Waals surface area contributed by atoms with E-state index in [2.05, 4.69) is 0 Å². The molecule has 5 nitrogen and oxygen atoms in total. The van der Waals surface area contributed by atoms with E-state index in [0.29, 0.717) is 25.1 Å². The average Bonchev–Trinajstić information content (AvgIpc) is 2.61. The molecule has 1 amide bonds. The number of nitrogens with zero attached hydrogens (tertiary/aromatic N) is 1. The first kappa shape index (κ1) is 15.7. The first-order valence-corrected chi connectivity index (χ1v) is 7.08. The van der Waals surface area contributed by atoms with E-state index in [1.54, 1.807) is 0 Å². The van der Waals surface area contributed by atoms with Gasteiger partial charge in [-0.05, 0) is 50.1 Å². The maximum Gasteiger partial charge on any atom is 0.231 e. The standard InChI is InChI=1S/C15H21FN2O3/c16-12-2-4-13(5-3-12)21-11-15(20)6-1-8-18(9-7-15)10-14(17)19/h2-5,20H,1,6-11H2,(H2,17,19)/t15-/m1/s1. The molecular weight excluding hydrogens is 275 g/mol. The third-order valence-electron chi connectivity index (χ3n) is 3.71. The summed E-state index contributed by atoms with van der Waals surface area (Å²) in [6.07, 6.45) is 1.89. The van der Waals surface area contributed by atoms with Gasteiger partial charge in [-0.1, -0.05) is 0 Å². The van der Waals surface area contributed by atoms with Crippen LogP contribution in [0, 0.1) is 5.82 Å². The van der Waals surface area contributed by atoms with E-state index in [4.69, 9.17) is 10.5 Å². The van der Waals surface area contributed by atoms with Gasteiger partial charge in [-0.3, -0.25) is 9.69 Å². The largest absolute Gasteiger partial charge is 0.491 e. The van der Waals surface area contributed by atoms with Gasteiger partial charge in [-0.15, -0.1) is 0 Å². The number of carbonyl (C=O) groups is 1. The lowest BCUT2D eigenvalue weighted by molar-refractivity contribution is -0.119. The van der Waals surface area contributed by atoms with Gasteiger partial charge in [0.25, 0.3) is 0 Å². The number of benzene rings is 1. The molecule has 0 bridgehead atoms.